The second-order valence-electron chi connectivity index (χ2n) is 8.08. The third-order valence-corrected chi connectivity index (χ3v) is 6.42. The van der Waals surface area contributed by atoms with E-state index in [1.165, 1.54) is 18.2 Å². The molecule has 0 radical (unpaired) electrons. The van der Waals surface area contributed by atoms with Gasteiger partial charge in [0.1, 0.15) is 11.6 Å². The second kappa shape index (κ2) is 8.64. The zero-order valence-electron chi connectivity index (χ0n) is 17.1. The number of carbonyl (C=O) groups excluding carboxylic acids is 1. The van der Waals surface area contributed by atoms with Gasteiger partial charge in [-0.05, 0) is 35.6 Å². The van der Waals surface area contributed by atoms with Crippen LogP contribution in [0.15, 0.2) is 42.5 Å². The lowest BCUT2D eigenvalue weighted by atomic mass is 9.95. The summed E-state index contributed by atoms with van der Waals surface area (Å²) in [6.07, 6.45) is 1.65. The van der Waals surface area contributed by atoms with E-state index < -0.39 is 27.7 Å². The second-order valence-corrected chi connectivity index (χ2v) is 9.86. The molecule has 31 heavy (non-hydrogen) atoms. The predicted molar refractivity (Wildman–Crippen MR) is 112 cm³/mol. The van der Waals surface area contributed by atoms with Crippen LogP contribution in [0.4, 0.5) is 8.78 Å². The number of nitrogens with zero attached hydrogens (tertiary/aromatic N) is 1. The van der Waals surface area contributed by atoms with Gasteiger partial charge in [-0.1, -0.05) is 30.3 Å². The van der Waals surface area contributed by atoms with E-state index in [-0.39, 0.29) is 36.5 Å². The van der Waals surface area contributed by atoms with Crippen molar-refractivity contribution in [3.8, 4) is 11.1 Å². The van der Waals surface area contributed by atoms with Crippen molar-refractivity contribution >= 4 is 15.9 Å². The number of amides is 1. The minimum atomic E-state index is -3.43. The molecule has 0 aromatic heterocycles. The van der Waals surface area contributed by atoms with Gasteiger partial charge in [0.15, 0.2) is 0 Å². The highest BCUT2D eigenvalue weighted by atomic mass is 32.2. The molecule has 2 aromatic carbocycles. The van der Waals surface area contributed by atoms with E-state index in [4.69, 9.17) is 4.74 Å². The molecule has 2 aromatic rings. The number of rotatable bonds is 5. The zero-order valence-corrected chi connectivity index (χ0v) is 17.9. The van der Waals surface area contributed by atoms with Crippen LogP contribution in [-0.4, -0.2) is 57.8 Å². The van der Waals surface area contributed by atoms with Crippen molar-refractivity contribution in [2.24, 2.45) is 5.92 Å². The first kappa shape index (κ1) is 21.9. The van der Waals surface area contributed by atoms with Gasteiger partial charge in [0.2, 0.25) is 15.9 Å². The maximum atomic E-state index is 14.4. The lowest BCUT2D eigenvalue weighted by Crippen LogP contribution is -2.46. The first-order valence-corrected chi connectivity index (χ1v) is 12.0. The molecule has 0 spiro atoms. The Labute approximate surface area is 180 Å². The van der Waals surface area contributed by atoms with Crippen LogP contribution in [0.1, 0.15) is 17.9 Å². The molecule has 1 saturated carbocycles. The van der Waals surface area contributed by atoms with Crippen molar-refractivity contribution in [3.05, 3.63) is 59.7 Å². The number of benzene rings is 2. The quantitative estimate of drug-likeness (QED) is 0.760. The maximum absolute atomic E-state index is 14.4. The molecule has 1 N–H and O–H groups in total. The summed E-state index contributed by atoms with van der Waals surface area (Å²) in [5.41, 5.74) is 1.10. The monoisotopic (exact) mass is 450 g/mol. The van der Waals surface area contributed by atoms with E-state index >= 15 is 0 Å². The van der Waals surface area contributed by atoms with Crippen molar-refractivity contribution in [1.29, 1.82) is 0 Å². The van der Waals surface area contributed by atoms with Gasteiger partial charge in [-0.15, -0.1) is 0 Å². The molecular formula is C22H24F2N2O4S. The van der Waals surface area contributed by atoms with Gasteiger partial charge in [-0.2, -0.15) is 0 Å². The summed E-state index contributed by atoms with van der Waals surface area (Å²) < 4.78 is 59.8. The molecule has 0 unspecified atom stereocenters. The molecule has 0 bridgehead atoms. The molecule has 166 valence electrons. The van der Waals surface area contributed by atoms with Crippen molar-refractivity contribution in [2.45, 2.75) is 18.4 Å². The highest BCUT2D eigenvalue weighted by Gasteiger charge is 2.47. The Balaban J connectivity index is 1.53. The fourth-order valence-corrected chi connectivity index (χ4v) is 4.98. The van der Waals surface area contributed by atoms with E-state index in [0.717, 1.165) is 11.8 Å². The summed E-state index contributed by atoms with van der Waals surface area (Å²) >= 11 is 0. The lowest BCUT2D eigenvalue weighted by Gasteiger charge is -2.24. The van der Waals surface area contributed by atoms with Crippen molar-refractivity contribution in [3.63, 3.8) is 0 Å². The highest BCUT2D eigenvalue weighted by molar-refractivity contribution is 7.88. The number of hydrogen-bond donors (Lipinski definition) is 1. The van der Waals surface area contributed by atoms with Crippen molar-refractivity contribution < 1.29 is 26.7 Å². The van der Waals surface area contributed by atoms with Gasteiger partial charge >= 0.3 is 0 Å². The number of halogens is 2. The summed E-state index contributed by atoms with van der Waals surface area (Å²) in [4.78, 5) is 14.8. The van der Waals surface area contributed by atoms with E-state index in [9.17, 15) is 22.0 Å². The Kier molecular flexibility index (Phi) is 6.09. The third-order valence-electron chi connectivity index (χ3n) is 5.66. The number of sulfonamides is 1. The largest absolute Gasteiger partial charge is 0.378 e. The highest BCUT2D eigenvalue weighted by Crippen LogP contribution is 2.51. The normalized spacial score (nSPS) is 24.0. The topological polar surface area (TPSA) is 75.7 Å². The molecule has 3 atom stereocenters. The van der Waals surface area contributed by atoms with Gasteiger partial charge in [0.05, 0.1) is 31.1 Å². The summed E-state index contributed by atoms with van der Waals surface area (Å²) in [6, 6.07) is 10.2. The van der Waals surface area contributed by atoms with Crippen LogP contribution in [0.25, 0.3) is 11.1 Å². The number of ether oxygens (including phenoxy) is 1. The molecule has 2 fully saturated rings. The molecule has 1 aliphatic heterocycles. The third kappa shape index (κ3) is 4.94. The fourth-order valence-electron chi connectivity index (χ4n) is 4.23. The standard InChI is InChI=1S/C22H24F2N2O4S/c1-31(28,29)25-14-12-26(9-10-30-13-14)22(27)18-11-17(18)15-5-2-3-6-16(15)21-19(23)7-4-8-20(21)24/h2-8,14,17-18,25H,9-13H2,1H3/t14-,17+,18-/m1/s1. The minimum Gasteiger partial charge on any atom is -0.378 e. The average molecular weight is 451 g/mol. The Morgan fingerprint density at radius 3 is 2.55 bits per heavy atom. The average Bonchev–Trinajstić information content (AvgIpc) is 3.51. The van der Waals surface area contributed by atoms with Crippen LogP contribution in [0.2, 0.25) is 0 Å². The fraction of sp³-hybridized carbons (Fsp3) is 0.409. The molecule has 9 heteroatoms. The smallest absolute Gasteiger partial charge is 0.226 e. The van der Waals surface area contributed by atoms with Gasteiger partial charge in [0.25, 0.3) is 0 Å². The van der Waals surface area contributed by atoms with Gasteiger partial charge in [0, 0.05) is 19.0 Å². The van der Waals surface area contributed by atoms with Crippen LogP contribution >= 0.6 is 0 Å². The van der Waals surface area contributed by atoms with Crippen LogP contribution in [-0.2, 0) is 19.6 Å². The van der Waals surface area contributed by atoms with Crippen LogP contribution in [0.5, 0.6) is 0 Å². The molecule has 6 nitrogen and oxygen atoms in total. The summed E-state index contributed by atoms with van der Waals surface area (Å²) in [6.45, 7) is 1.11. The molecule has 1 saturated heterocycles. The minimum absolute atomic E-state index is 0.0863. The maximum Gasteiger partial charge on any atom is 0.226 e. The molecule has 4 rings (SSSR count). The molecule has 1 aliphatic carbocycles. The first-order chi connectivity index (χ1) is 14.7. The predicted octanol–water partition coefficient (Wildman–Crippen LogP) is 2.51. The first-order valence-electron chi connectivity index (χ1n) is 10.1. The summed E-state index contributed by atoms with van der Waals surface area (Å²) in [5, 5.41) is 0. The Bertz CT molecular complexity index is 1070. The van der Waals surface area contributed by atoms with Crippen LogP contribution < -0.4 is 4.72 Å². The molecule has 2 aliphatic rings. The lowest BCUT2D eigenvalue weighted by molar-refractivity contribution is -0.132. The number of nitrogens with one attached hydrogen (secondary N) is 1. The van der Waals surface area contributed by atoms with Gasteiger partial charge in [-0.3, -0.25) is 4.79 Å². The van der Waals surface area contributed by atoms with E-state index in [1.807, 2.05) is 0 Å². The van der Waals surface area contributed by atoms with Crippen LogP contribution in [0.3, 0.4) is 0 Å². The SMILES string of the molecule is CS(=O)(=O)N[C@H]1COCCN(C(=O)[C@@H]2C[C@H]2c2ccccc2-c2c(F)cccc2F)C1. The molecular weight excluding hydrogens is 426 g/mol. The van der Waals surface area contributed by atoms with Gasteiger partial charge < -0.3 is 9.64 Å². The Morgan fingerprint density at radius 1 is 1.13 bits per heavy atom. The van der Waals surface area contributed by atoms with Crippen molar-refractivity contribution in [1.82, 2.24) is 9.62 Å². The number of carbonyl (C=O) groups is 1. The van der Waals surface area contributed by atoms with E-state index in [1.54, 1.807) is 29.2 Å². The van der Waals surface area contributed by atoms with E-state index in [2.05, 4.69) is 4.72 Å². The molecule has 1 heterocycles. The van der Waals surface area contributed by atoms with E-state index in [0.29, 0.717) is 25.1 Å². The van der Waals surface area contributed by atoms with Gasteiger partial charge in [-0.25, -0.2) is 21.9 Å². The summed E-state index contributed by atoms with van der Waals surface area (Å²) in [7, 11) is -3.43. The Morgan fingerprint density at radius 2 is 1.84 bits per heavy atom. The molecule has 1 amide bonds. The van der Waals surface area contributed by atoms with Crippen LogP contribution in [0, 0.1) is 17.6 Å². The van der Waals surface area contributed by atoms with Crippen molar-refractivity contribution in [2.75, 3.05) is 32.6 Å². The summed E-state index contributed by atoms with van der Waals surface area (Å²) in [5.74, 6) is -1.84. The zero-order chi connectivity index (χ0) is 22.2. The Hall–Kier alpha value is -2.36. The number of hydrogen-bond acceptors (Lipinski definition) is 4.